The number of phosphoric acid groups is 1. The predicted molar refractivity (Wildman–Crippen MR) is 110 cm³/mol. The molecule has 0 aliphatic heterocycles. The van der Waals surface area contributed by atoms with Gasteiger partial charge >= 0.3 is 19.6 Å². The van der Waals surface area contributed by atoms with Crippen molar-refractivity contribution in [3.63, 3.8) is 0 Å². The standard InChI is InChI=1S/C13H19ClN3O12PS2/c1-9(10-4-5-12(29-30(21,22)23)11(8-10)17(19)20)28-13(18)16(32(3,26)27)15(7-6-14)31(2,24)25/h4-5,8-9H,6-7H2,1-3H3,(H2,21,22,23). The Morgan fingerprint density at radius 1 is 1.25 bits per heavy atom. The molecule has 1 atom stereocenters. The van der Waals surface area contributed by atoms with Crippen LogP contribution in [-0.4, -0.2) is 71.4 Å². The first-order valence-corrected chi connectivity index (χ1v) is 13.9. The third-order valence-corrected chi connectivity index (χ3v) is 6.27. The van der Waals surface area contributed by atoms with Crippen LogP contribution in [0.4, 0.5) is 10.5 Å². The SMILES string of the molecule is CC(OC(=O)N(N(CCCl)S(C)(=O)=O)S(C)(=O)=O)c1ccc(OP(=O)(O)O)c([N+](=O)[O-])c1. The van der Waals surface area contributed by atoms with E-state index in [1.807, 2.05) is 0 Å². The largest absolute Gasteiger partial charge is 0.525 e. The summed E-state index contributed by atoms with van der Waals surface area (Å²) < 4.78 is 68.2. The van der Waals surface area contributed by atoms with Crippen molar-refractivity contribution in [3.05, 3.63) is 33.9 Å². The molecule has 0 aliphatic carbocycles. The molecule has 1 rings (SSSR count). The molecule has 182 valence electrons. The van der Waals surface area contributed by atoms with Crippen molar-refractivity contribution in [2.75, 3.05) is 24.9 Å². The van der Waals surface area contributed by atoms with Gasteiger partial charge in [-0.25, -0.2) is 26.2 Å². The summed E-state index contributed by atoms with van der Waals surface area (Å²) in [7, 11) is -13.9. The third-order valence-electron chi connectivity index (χ3n) is 3.48. The lowest BCUT2D eigenvalue weighted by molar-refractivity contribution is -0.385. The number of amides is 1. The van der Waals surface area contributed by atoms with E-state index in [9.17, 15) is 36.3 Å². The van der Waals surface area contributed by atoms with Gasteiger partial charge in [-0.2, -0.15) is 0 Å². The van der Waals surface area contributed by atoms with E-state index in [1.165, 1.54) is 6.92 Å². The second-order valence-electron chi connectivity index (χ2n) is 6.10. The number of carbonyl (C=O) groups excluding carboxylic acids is 1. The van der Waals surface area contributed by atoms with E-state index in [-0.39, 0.29) is 20.3 Å². The van der Waals surface area contributed by atoms with Gasteiger partial charge in [-0.3, -0.25) is 19.9 Å². The number of sulfonamides is 2. The van der Waals surface area contributed by atoms with E-state index in [0.717, 1.165) is 18.2 Å². The molecular weight excluding hydrogens is 521 g/mol. The van der Waals surface area contributed by atoms with Crippen LogP contribution in [0.2, 0.25) is 0 Å². The highest BCUT2D eigenvalue weighted by Crippen LogP contribution is 2.42. The maximum atomic E-state index is 12.5. The quantitative estimate of drug-likeness (QED) is 0.184. The summed E-state index contributed by atoms with van der Waals surface area (Å²) in [5, 5.41) is 11.2. The fourth-order valence-corrected chi connectivity index (χ4v) is 5.14. The van der Waals surface area contributed by atoms with Gasteiger partial charge in [0.05, 0.1) is 17.4 Å². The lowest BCUT2D eigenvalue weighted by Gasteiger charge is -2.30. The van der Waals surface area contributed by atoms with E-state index in [2.05, 4.69) is 4.52 Å². The Bertz CT molecular complexity index is 1140. The van der Waals surface area contributed by atoms with Crippen molar-refractivity contribution in [2.24, 2.45) is 0 Å². The lowest BCUT2D eigenvalue weighted by atomic mass is 10.1. The third kappa shape index (κ3) is 7.84. The predicted octanol–water partition coefficient (Wildman–Crippen LogP) is 0.941. The Morgan fingerprint density at radius 3 is 2.22 bits per heavy atom. The van der Waals surface area contributed by atoms with E-state index >= 15 is 0 Å². The van der Waals surface area contributed by atoms with Crippen LogP contribution < -0.4 is 4.52 Å². The van der Waals surface area contributed by atoms with E-state index in [4.69, 9.17) is 26.1 Å². The Hall–Kier alpha value is -2.01. The van der Waals surface area contributed by atoms with E-state index in [1.54, 1.807) is 0 Å². The van der Waals surface area contributed by atoms with Crippen LogP contribution in [0.1, 0.15) is 18.6 Å². The molecule has 0 aliphatic rings. The van der Waals surface area contributed by atoms with Gasteiger partial charge in [0.1, 0.15) is 6.10 Å². The first-order chi connectivity index (χ1) is 14.4. The number of nitro benzene ring substituents is 1. The molecule has 0 bridgehead atoms. The summed E-state index contributed by atoms with van der Waals surface area (Å²) >= 11 is 5.50. The van der Waals surface area contributed by atoms with Crippen LogP contribution >= 0.6 is 19.4 Å². The molecule has 1 amide bonds. The van der Waals surface area contributed by atoms with Crippen LogP contribution in [0.5, 0.6) is 5.75 Å². The summed E-state index contributed by atoms with van der Waals surface area (Å²) in [5.74, 6) is -1.14. The molecule has 0 spiro atoms. The zero-order valence-electron chi connectivity index (χ0n) is 16.7. The number of hydrazine groups is 1. The number of nitrogens with zero attached hydrogens (tertiary/aromatic N) is 3. The minimum Gasteiger partial charge on any atom is -0.440 e. The highest BCUT2D eigenvalue weighted by Gasteiger charge is 2.38. The molecule has 0 saturated carbocycles. The van der Waals surface area contributed by atoms with Gasteiger partial charge in [0.15, 0.2) is 0 Å². The van der Waals surface area contributed by atoms with Gasteiger partial charge in [-0.1, -0.05) is 10.5 Å². The molecule has 0 radical (unpaired) electrons. The summed E-state index contributed by atoms with van der Waals surface area (Å²) in [6.07, 6.45) is -1.83. The van der Waals surface area contributed by atoms with Gasteiger partial charge in [0, 0.05) is 18.5 Å². The van der Waals surface area contributed by atoms with Gasteiger partial charge in [-0.15, -0.1) is 16.0 Å². The van der Waals surface area contributed by atoms with Crippen molar-refractivity contribution in [1.29, 1.82) is 0 Å². The van der Waals surface area contributed by atoms with Crippen LogP contribution in [0.25, 0.3) is 0 Å². The van der Waals surface area contributed by atoms with Crippen LogP contribution in [0, 0.1) is 10.1 Å². The number of benzene rings is 1. The first-order valence-electron chi connectivity index (χ1n) is 8.16. The molecule has 1 aromatic rings. The van der Waals surface area contributed by atoms with Gasteiger partial charge in [-0.05, 0) is 18.6 Å². The number of hydrogen-bond acceptors (Lipinski definition) is 10. The second kappa shape index (κ2) is 10.3. The summed E-state index contributed by atoms with van der Waals surface area (Å²) in [5.41, 5.74) is -0.978. The zero-order chi connectivity index (χ0) is 25.1. The van der Waals surface area contributed by atoms with E-state index < -0.39 is 63.0 Å². The zero-order valence-corrected chi connectivity index (χ0v) is 20.0. The first kappa shape index (κ1) is 28.0. The molecule has 15 nitrogen and oxygen atoms in total. The minimum absolute atomic E-state index is 0.0974. The average molecular weight is 540 g/mol. The summed E-state index contributed by atoms with van der Waals surface area (Å²) in [6, 6.07) is 2.68. The molecular formula is C13H19ClN3O12PS2. The minimum atomic E-state index is -5.12. The highest BCUT2D eigenvalue weighted by atomic mass is 35.5. The molecule has 19 heteroatoms. The van der Waals surface area contributed by atoms with Gasteiger partial charge in [0.25, 0.3) is 10.0 Å². The normalized spacial score (nSPS) is 13.5. The molecule has 1 unspecified atom stereocenters. The monoisotopic (exact) mass is 539 g/mol. The number of rotatable bonds is 10. The van der Waals surface area contributed by atoms with Gasteiger partial charge < -0.3 is 9.26 Å². The molecule has 0 saturated heterocycles. The molecule has 2 N–H and O–H groups in total. The number of ether oxygens (including phenoxy) is 1. The Morgan fingerprint density at radius 2 is 1.81 bits per heavy atom. The van der Waals surface area contributed by atoms with Crippen LogP contribution in [-0.2, 0) is 29.3 Å². The maximum absolute atomic E-state index is 12.5. The molecule has 0 heterocycles. The van der Waals surface area contributed by atoms with Crippen molar-refractivity contribution in [3.8, 4) is 5.75 Å². The smallest absolute Gasteiger partial charge is 0.440 e. The number of phosphoric ester groups is 1. The Balaban J connectivity index is 3.32. The van der Waals surface area contributed by atoms with E-state index in [0.29, 0.717) is 12.5 Å². The van der Waals surface area contributed by atoms with Gasteiger partial charge in [0.2, 0.25) is 15.8 Å². The second-order valence-corrected chi connectivity index (χ2v) is 11.3. The Kier molecular flexibility index (Phi) is 9.01. The number of hydrogen-bond donors (Lipinski definition) is 2. The van der Waals surface area contributed by atoms with Crippen molar-refractivity contribution < 1.29 is 50.2 Å². The number of alkyl halides is 1. The molecule has 0 fully saturated rings. The number of halogens is 1. The molecule has 32 heavy (non-hydrogen) atoms. The molecule has 0 aromatic heterocycles. The number of nitro groups is 1. The topological polar surface area (TPSA) is 211 Å². The molecule has 1 aromatic carbocycles. The Labute approximate surface area is 187 Å². The fourth-order valence-electron chi connectivity index (χ4n) is 2.26. The fraction of sp³-hybridized carbons (Fsp3) is 0.462. The maximum Gasteiger partial charge on any atom is 0.525 e. The van der Waals surface area contributed by atoms with Crippen molar-refractivity contribution in [2.45, 2.75) is 13.0 Å². The van der Waals surface area contributed by atoms with Crippen LogP contribution in [0.15, 0.2) is 18.2 Å². The average Bonchev–Trinajstić information content (AvgIpc) is 2.57. The van der Waals surface area contributed by atoms with Crippen LogP contribution in [0.3, 0.4) is 0 Å². The lowest BCUT2D eigenvalue weighted by Crippen LogP contribution is -2.52. The van der Waals surface area contributed by atoms with Crippen molar-refractivity contribution in [1.82, 2.24) is 8.83 Å². The summed E-state index contributed by atoms with van der Waals surface area (Å²) in [4.78, 5) is 40.4. The number of carbonyl (C=O) groups is 1. The highest BCUT2D eigenvalue weighted by molar-refractivity contribution is 7.91. The summed E-state index contributed by atoms with van der Waals surface area (Å²) in [6.45, 7) is 0.601. The van der Waals surface area contributed by atoms with Crippen molar-refractivity contribution >= 4 is 51.3 Å².